The zero-order valence-corrected chi connectivity index (χ0v) is 10.3. The van der Waals surface area contributed by atoms with Gasteiger partial charge in [-0.05, 0) is 12.3 Å². The molecule has 17 heavy (non-hydrogen) atoms. The normalized spacial score (nSPS) is 20.2. The average Bonchev–Trinajstić information content (AvgIpc) is 2.67. The van der Waals surface area contributed by atoms with Crippen LogP contribution in [0.5, 0.6) is 0 Å². The summed E-state index contributed by atoms with van der Waals surface area (Å²) in [5.74, 6) is 0.886. The molecule has 1 unspecified atom stereocenters. The first-order valence-electron chi connectivity index (χ1n) is 6.06. The molecule has 0 radical (unpaired) electrons. The summed E-state index contributed by atoms with van der Waals surface area (Å²) in [6.07, 6.45) is 3.75. The fraction of sp³-hybridized carbons (Fsp3) is 0.667. The molecule has 0 saturated carbocycles. The van der Waals surface area contributed by atoms with Gasteiger partial charge in [0.25, 0.3) is 5.56 Å². The predicted molar refractivity (Wildman–Crippen MR) is 66.2 cm³/mol. The second-order valence-electron chi connectivity index (χ2n) is 4.99. The monoisotopic (exact) mass is 237 g/mol. The second-order valence-corrected chi connectivity index (χ2v) is 4.99. The van der Waals surface area contributed by atoms with Crippen molar-refractivity contribution in [2.24, 2.45) is 5.92 Å². The molecule has 0 aliphatic carbocycles. The van der Waals surface area contributed by atoms with E-state index in [9.17, 15) is 9.90 Å². The van der Waals surface area contributed by atoms with Gasteiger partial charge in [0, 0.05) is 32.0 Å². The molecular weight excluding hydrogens is 218 g/mol. The molecule has 1 aliphatic heterocycles. The number of β-amino-alcohol motifs (C(OH)–C–C–N with tert-alkyl or cyclic N) is 1. The standard InChI is InChI=1S/C12H19N3O2/c1-9(2)7-15-6-4-13-11(12(15)17)14-5-3-10(16)8-14/h4,6,9-10,16H,3,5,7-8H2,1-2H3. The molecule has 1 fully saturated rings. The summed E-state index contributed by atoms with van der Waals surface area (Å²) in [5, 5.41) is 9.49. The molecule has 1 saturated heterocycles. The van der Waals surface area contributed by atoms with Crippen molar-refractivity contribution < 1.29 is 5.11 Å². The van der Waals surface area contributed by atoms with Crippen molar-refractivity contribution in [1.29, 1.82) is 0 Å². The van der Waals surface area contributed by atoms with Crippen LogP contribution in [-0.2, 0) is 6.54 Å². The Morgan fingerprint density at radius 1 is 1.59 bits per heavy atom. The van der Waals surface area contributed by atoms with E-state index in [1.54, 1.807) is 17.0 Å². The first-order valence-corrected chi connectivity index (χ1v) is 6.06. The molecule has 2 rings (SSSR count). The van der Waals surface area contributed by atoms with Gasteiger partial charge >= 0.3 is 0 Å². The Kier molecular flexibility index (Phi) is 3.47. The van der Waals surface area contributed by atoms with Crippen LogP contribution in [-0.4, -0.2) is 33.9 Å². The average molecular weight is 237 g/mol. The van der Waals surface area contributed by atoms with Crippen LogP contribution in [0.2, 0.25) is 0 Å². The summed E-state index contributed by atoms with van der Waals surface area (Å²) in [4.78, 5) is 18.2. The van der Waals surface area contributed by atoms with Gasteiger partial charge in [-0.1, -0.05) is 13.8 Å². The molecular formula is C12H19N3O2. The van der Waals surface area contributed by atoms with Gasteiger partial charge in [-0.15, -0.1) is 0 Å². The summed E-state index contributed by atoms with van der Waals surface area (Å²) < 4.78 is 1.69. The molecule has 0 spiro atoms. The van der Waals surface area contributed by atoms with Gasteiger partial charge in [-0.2, -0.15) is 0 Å². The third kappa shape index (κ3) is 2.66. The van der Waals surface area contributed by atoms with Crippen molar-refractivity contribution >= 4 is 5.82 Å². The largest absolute Gasteiger partial charge is 0.391 e. The van der Waals surface area contributed by atoms with E-state index in [1.807, 2.05) is 4.90 Å². The van der Waals surface area contributed by atoms with Crippen LogP contribution in [0.1, 0.15) is 20.3 Å². The van der Waals surface area contributed by atoms with Gasteiger partial charge in [0.1, 0.15) is 0 Å². The minimum atomic E-state index is -0.338. The van der Waals surface area contributed by atoms with Gasteiger partial charge in [-0.3, -0.25) is 4.79 Å². The van der Waals surface area contributed by atoms with E-state index in [4.69, 9.17) is 0 Å². The lowest BCUT2D eigenvalue weighted by Crippen LogP contribution is -2.33. The van der Waals surface area contributed by atoms with Crippen LogP contribution in [0.25, 0.3) is 0 Å². The maximum absolute atomic E-state index is 12.2. The van der Waals surface area contributed by atoms with Crippen molar-refractivity contribution in [3.8, 4) is 0 Å². The Labute approximate surface area is 101 Å². The van der Waals surface area contributed by atoms with Crippen LogP contribution >= 0.6 is 0 Å². The first kappa shape index (κ1) is 12.1. The topological polar surface area (TPSA) is 58.4 Å². The molecule has 0 amide bonds. The second kappa shape index (κ2) is 4.87. The highest BCUT2D eigenvalue weighted by Crippen LogP contribution is 2.14. The number of nitrogens with zero attached hydrogens (tertiary/aromatic N) is 3. The summed E-state index contributed by atoms with van der Waals surface area (Å²) in [7, 11) is 0. The van der Waals surface area contributed by atoms with Crippen LogP contribution in [0, 0.1) is 5.92 Å². The number of aromatic nitrogens is 2. The lowest BCUT2D eigenvalue weighted by atomic mass is 10.2. The third-order valence-electron chi connectivity index (χ3n) is 2.92. The Morgan fingerprint density at radius 3 is 2.94 bits per heavy atom. The van der Waals surface area contributed by atoms with Crippen LogP contribution in [0.15, 0.2) is 17.2 Å². The van der Waals surface area contributed by atoms with Crippen LogP contribution in [0.4, 0.5) is 5.82 Å². The number of aliphatic hydroxyl groups is 1. The van der Waals surface area contributed by atoms with E-state index in [0.717, 1.165) is 0 Å². The fourth-order valence-corrected chi connectivity index (χ4v) is 2.12. The lowest BCUT2D eigenvalue weighted by Gasteiger charge is -2.17. The Hall–Kier alpha value is -1.36. The Bertz CT molecular complexity index is 442. The highest BCUT2D eigenvalue weighted by molar-refractivity contribution is 5.37. The lowest BCUT2D eigenvalue weighted by molar-refractivity contribution is 0.198. The molecule has 94 valence electrons. The van der Waals surface area contributed by atoms with Crippen molar-refractivity contribution in [3.05, 3.63) is 22.7 Å². The Morgan fingerprint density at radius 2 is 2.35 bits per heavy atom. The van der Waals surface area contributed by atoms with Gasteiger partial charge in [-0.25, -0.2) is 4.98 Å². The highest BCUT2D eigenvalue weighted by Gasteiger charge is 2.23. The summed E-state index contributed by atoms with van der Waals surface area (Å²) >= 11 is 0. The van der Waals surface area contributed by atoms with Crippen molar-refractivity contribution in [1.82, 2.24) is 9.55 Å². The first-order chi connectivity index (χ1) is 8.08. The molecule has 1 aliphatic rings. The summed E-state index contributed by atoms with van der Waals surface area (Å²) in [6.45, 7) is 6.06. The number of rotatable bonds is 3. The number of hydrogen-bond acceptors (Lipinski definition) is 4. The van der Waals surface area contributed by atoms with Crippen molar-refractivity contribution in [2.75, 3.05) is 18.0 Å². The maximum atomic E-state index is 12.2. The predicted octanol–water partition coefficient (Wildman–Crippen LogP) is 0.470. The molecule has 0 bridgehead atoms. The molecule has 1 aromatic rings. The smallest absolute Gasteiger partial charge is 0.293 e. The van der Waals surface area contributed by atoms with E-state index in [1.165, 1.54) is 0 Å². The molecule has 1 atom stereocenters. The van der Waals surface area contributed by atoms with E-state index < -0.39 is 0 Å². The van der Waals surface area contributed by atoms with Crippen LogP contribution in [0.3, 0.4) is 0 Å². The molecule has 2 heterocycles. The van der Waals surface area contributed by atoms with E-state index in [-0.39, 0.29) is 11.7 Å². The van der Waals surface area contributed by atoms with Crippen LogP contribution < -0.4 is 10.5 Å². The molecule has 1 aromatic heterocycles. The number of hydrogen-bond donors (Lipinski definition) is 1. The highest BCUT2D eigenvalue weighted by atomic mass is 16.3. The Balaban J connectivity index is 2.26. The van der Waals surface area contributed by atoms with E-state index >= 15 is 0 Å². The molecule has 0 aromatic carbocycles. The quantitative estimate of drug-likeness (QED) is 0.830. The minimum absolute atomic E-state index is 0.0599. The summed E-state index contributed by atoms with van der Waals surface area (Å²) in [5.41, 5.74) is -0.0599. The SMILES string of the molecule is CC(C)Cn1ccnc(N2CCC(O)C2)c1=O. The summed E-state index contributed by atoms with van der Waals surface area (Å²) in [6, 6.07) is 0. The van der Waals surface area contributed by atoms with E-state index in [0.29, 0.717) is 37.8 Å². The van der Waals surface area contributed by atoms with Crippen molar-refractivity contribution in [2.45, 2.75) is 32.9 Å². The van der Waals surface area contributed by atoms with Gasteiger partial charge in [0.15, 0.2) is 5.82 Å². The molecule has 5 nitrogen and oxygen atoms in total. The third-order valence-corrected chi connectivity index (χ3v) is 2.92. The fourth-order valence-electron chi connectivity index (χ4n) is 2.12. The van der Waals surface area contributed by atoms with Gasteiger partial charge < -0.3 is 14.6 Å². The van der Waals surface area contributed by atoms with Gasteiger partial charge in [0.2, 0.25) is 0 Å². The minimum Gasteiger partial charge on any atom is -0.391 e. The molecule has 1 N–H and O–H groups in total. The maximum Gasteiger partial charge on any atom is 0.293 e. The van der Waals surface area contributed by atoms with E-state index in [2.05, 4.69) is 18.8 Å². The van der Waals surface area contributed by atoms with Crippen molar-refractivity contribution in [3.63, 3.8) is 0 Å². The zero-order valence-electron chi connectivity index (χ0n) is 10.3. The molecule has 5 heteroatoms. The zero-order chi connectivity index (χ0) is 12.4. The number of aliphatic hydroxyl groups excluding tert-OH is 1. The number of anilines is 1. The van der Waals surface area contributed by atoms with Gasteiger partial charge in [0.05, 0.1) is 6.10 Å².